The molecule has 1 saturated heterocycles. The average Bonchev–Trinajstić information content (AvgIpc) is 2.82. The van der Waals surface area contributed by atoms with Crippen molar-refractivity contribution < 1.29 is 4.42 Å². The van der Waals surface area contributed by atoms with Crippen LogP contribution in [-0.2, 0) is 0 Å². The Bertz CT molecular complexity index is 446. The molecule has 2 heterocycles. The van der Waals surface area contributed by atoms with Crippen LogP contribution >= 0.6 is 0 Å². The van der Waals surface area contributed by atoms with E-state index in [9.17, 15) is 0 Å². The van der Waals surface area contributed by atoms with Gasteiger partial charge in [0.1, 0.15) is 5.52 Å². The fraction of sp³-hybridized carbons (Fsp3) is 0.364. The van der Waals surface area contributed by atoms with Gasteiger partial charge in [-0.05, 0) is 18.6 Å². The summed E-state index contributed by atoms with van der Waals surface area (Å²) in [6.45, 7) is 1.78. The largest absolute Gasteiger partial charge is 0.423 e. The molecule has 1 aromatic carbocycles. The Balaban J connectivity index is 1.98. The van der Waals surface area contributed by atoms with Gasteiger partial charge in [-0.1, -0.05) is 12.1 Å². The van der Waals surface area contributed by atoms with Gasteiger partial charge in [-0.15, -0.1) is 0 Å². The van der Waals surface area contributed by atoms with Crippen LogP contribution in [0.2, 0.25) is 0 Å². The Morgan fingerprint density at radius 3 is 3.00 bits per heavy atom. The molecule has 2 aromatic rings. The average molecular weight is 203 g/mol. The molecule has 0 unspecified atom stereocenters. The van der Waals surface area contributed by atoms with Crippen molar-refractivity contribution in [3.8, 4) is 0 Å². The molecule has 4 heteroatoms. The van der Waals surface area contributed by atoms with Gasteiger partial charge in [0.25, 0.3) is 6.01 Å². The quantitative estimate of drug-likeness (QED) is 0.760. The second kappa shape index (κ2) is 3.24. The maximum Gasteiger partial charge on any atom is 0.298 e. The van der Waals surface area contributed by atoms with Gasteiger partial charge in [-0.3, -0.25) is 0 Å². The van der Waals surface area contributed by atoms with Crippen molar-refractivity contribution in [1.82, 2.24) is 4.98 Å². The van der Waals surface area contributed by atoms with Crippen LogP contribution in [0.25, 0.3) is 11.1 Å². The third-order valence-corrected chi connectivity index (χ3v) is 2.78. The number of oxazole rings is 1. The molecular formula is C11H13N3O. The van der Waals surface area contributed by atoms with Gasteiger partial charge in [0, 0.05) is 19.1 Å². The van der Waals surface area contributed by atoms with Gasteiger partial charge in [0.15, 0.2) is 5.58 Å². The minimum absolute atomic E-state index is 0.250. The van der Waals surface area contributed by atoms with Crippen LogP contribution in [0.4, 0.5) is 6.01 Å². The van der Waals surface area contributed by atoms with Gasteiger partial charge in [-0.25, -0.2) is 0 Å². The van der Waals surface area contributed by atoms with E-state index in [1.807, 2.05) is 24.3 Å². The minimum Gasteiger partial charge on any atom is -0.423 e. The highest BCUT2D eigenvalue weighted by Gasteiger charge is 2.23. The highest BCUT2D eigenvalue weighted by Crippen LogP contribution is 2.23. The van der Waals surface area contributed by atoms with Crippen molar-refractivity contribution in [2.24, 2.45) is 5.73 Å². The van der Waals surface area contributed by atoms with Gasteiger partial charge >= 0.3 is 0 Å². The number of aromatic nitrogens is 1. The van der Waals surface area contributed by atoms with Crippen molar-refractivity contribution in [3.05, 3.63) is 24.3 Å². The molecule has 0 saturated carbocycles. The lowest BCUT2D eigenvalue weighted by Crippen LogP contribution is -2.26. The zero-order valence-corrected chi connectivity index (χ0v) is 8.39. The normalized spacial score (nSPS) is 21.4. The summed E-state index contributed by atoms with van der Waals surface area (Å²) in [6, 6.07) is 8.75. The van der Waals surface area contributed by atoms with E-state index in [2.05, 4.69) is 9.88 Å². The first kappa shape index (κ1) is 8.73. The first-order valence-corrected chi connectivity index (χ1v) is 5.19. The Morgan fingerprint density at radius 1 is 1.40 bits per heavy atom. The fourth-order valence-corrected chi connectivity index (χ4v) is 1.96. The molecule has 1 atom stereocenters. The smallest absolute Gasteiger partial charge is 0.298 e. The number of anilines is 1. The monoisotopic (exact) mass is 203 g/mol. The van der Waals surface area contributed by atoms with E-state index in [-0.39, 0.29) is 6.04 Å². The lowest BCUT2D eigenvalue weighted by molar-refractivity contribution is 0.583. The van der Waals surface area contributed by atoms with Crippen LogP contribution in [0.15, 0.2) is 28.7 Å². The lowest BCUT2D eigenvalue weighted by Gasteiger charge is -2.11. The summed E-state index contributed by atoms with van der Waals surface area (Å²) in [6.07, 6.45) is 1.01. The fourth-order valence-electron chi connectivity index (χ4n) is 1.96. The van der Waals surface area contributed by atoms with Crippen LogP contribution in [0.5, 0.6) is 0 Å². The summed E-state index contributed by atoms with van der Waals surface area (Å²) in [5.41, 5.74) is 7.60. The Kier molecular flexibility index (Phi) is 1.89. The molecule has 1 fully saturated rings. The molecule has 1 aromatic heterocycles. The van der Waals surface area contributed by atoms with Crippen LogP contribution in [0, 0.1) is 0 Å². The molecule has 0 aliphatic carbocycles. The van der Waals surface area contributed by atoms with E-state index in [0.717, 1.165) is 30.6 Å². The molecule has 0 amide bonds. The number of rotatable bonds is 1. The predicted octanol–water partition coefficient (Wildman–Crippen LogP) is 1.37. The van der Waals surface area contributed by atoms with Gasteiger partial charge in [0.2, 0.25) is 0 Å². The van der Waals surface area contributed by atoms with Gasteiger partial charge in [0.05, 0.1) is 0 Å². The van der Waals surface area contributed by atoms with Crippen LogP contribution in [-0.4, -0.2) is 24.1 Å². The summed E-state index contributed by atoms with van der Waals surface area (Å²) >= 11 is 0. The van der Waals surface area contributed by atoms with Crippen molar-refractivity contribution in [1.29, 1.82) is 0 Å². The summed E-state index contributed by atoms with van der Waals surface area (Å²) in [4.78, 5) is 6.53. The zero-order valence-electron chi connectivity index (χ0n) is 8.39. The number of fused-ring (bicyclic) bond motifs is 1. The number of hydrogen-bond acceptors (Lipinski definition) is 4. The summed E-state index contributed by atoms with van der Waals surface area (Å²) < 4.78 is 5.66. The third-order valence-electron chi connectivity index (χ3n) is 2.78. The highest BCUT2D eigenvalue weighted by atomic mass is 16.4. The SMILES string of the molecule is N[C@H]1CCN(c2nc3ccccc3o2)C1. The van der Waals surface area contributed by atoms with Crippen molar-refractivity contribution in [3.63, 3.8) is 0 Å². The second-order valence-corrected chi connectivity index (χ2v) is 3.96. The molecule has 4 nitrogen and oxygen atoms in total. The zero-order chi connectivity index (χ0) is 10.3. The lowest BCUT2D eigenvalue weighted by atomic mass is 10.3. The molecule has 1 aliphatic heterocycles. The van der Waals surface area contributed by atoms with Crippen LogP contribution in [0.1, 0.15) is 6.42 Å². The van der Waals surface area contributed by atoms with Crippen LogP contribution in [0.3, 0.4) is 0 Å². The third kappa shape index (κ3) is 1.47. The Morgan fingerprint density at radius 2 is 2.27 bits per heavy atom. The first-order valence-electron chi connectivity index (χ1n) is 5.19. The molecule has 0 radical (unpaired) electrons. The highest BCUT2D eigenvalue weighted by molar-refractivity contribution is 5.74. The first-order chi connectivity index (χ1) is 7.33. The molecular weight excluding hydrogens is 190 g/mol. The van der Waals surface area contributed by atoms with E-state index >= 15 is 0 Å². The second-order valence-electron chi connectivity index (χ2n) is 3.96. The number of nitrogens with two attached hydrogens (primary N) is 1. The maximum atomic E-state index is 5.85. The van der Waals surface area contributed by atoms with E-state index in [1.165, 1.54) is 0 Å². The number of hydrogen-bond donors (Lipinski definition) is 1. The van der Waals surface area contributed by atoms with E-state index < -0.39 is 0 Å². The maximum absolute atomic E-state index is 5.85. The summed E-state index contributed by atoms with van der Waals surface area (Å²) in [5, 5.41) is 0. The standard InChI is InChI=1S/C11H13N3O/c12-8-5-6-14(7-8)11-13-9-3-1-2-4-10(9)15-11/h1-4,8H,5-7,12H2/t8-/m0/s1. The summed E-state index contributed by atoms with van der Waals surface area (Å²) in [5.74, 6) is 0. The topological polar surface area (TPSA) is 55.3 Å². The minimum atomic E-state index is 0.250. The molecule has 15 heavy (non-hydrogen) atoms. The van der Waals surface area contributed by atoms with Gasteiger partial charge < -0.3 is 15.1 Å². The van der Waals surface area contributed by atoms with Crippen LogP contribution < -0.4 is 10.6 Å². The molecule has 78 valence electrons. The van der Waals surface area contributed by atoms with Gasteiger partial charge in [-0.2, -0.15) is 4.98 Å². The molecule has 2 N–H and O–H groups in total. The van der Waals surface area contributed by atoms with Crippen molar-refractivity contribution in [2.75, 3.05) is 18.0 Å². The Hall–Kier alpha value is -1.55. The van der Waals surface area contributed by atoms with E-state index in [1.54, 1.807) is 0 Å². The van der Waals surface area contributed by atoms with Crippen molar-refractivity contribution >= 4 is 17.1 Å². The molecule has 3 rings (SSSR count). The number of para-hydroxylation sites is 2. The number of nitrogens with zero attached hydrogens (tertiary/aromatic N) is 2. The number of benzene rings is 1. The molecule has 1 aliphatic rings. The predicted molar refractivity (Wildman–Crippen MR) is 58.8 cm³/mol. The van der Waals surface area contributed by atoms with E-state index in [4.69, 9.17) is 10.2 Å². The summed E-state index contributed by atoms with van der Waals surface area (Å²) in [7, 11) is 0. The van der Waals surface area contributed by atoms with Crippen molar-refractivity contribution in [2.45, 2.75) is 12.5 Å². The Labute approximate surface area is 87.7 Å². The molecule has 0 spiro atoms. The molecule has 0 bridgehead atoms. The van der Waals surface area contributed by atoms with E-state index in [0.29, 0.717) is 6.01 Å².